The molecule has 0 aliphatic rings. The Morgan fingerprint density at radius 1 is 1.41 bits per heavy atom. The van der Waals surface area contributed by atoms with Crippen molar-refractivity contribution >= 4 is 29.5 Å². The van der Waals surface area contributed by atoms with E-state index in [-0.39, 0.29) is 24.2 Å². The fourth-order valence-corrected chi connectivity index (χ4v) is 1.99. The van der Waals surface area contributed by atoms with Crippen molar-refractivity contribution in [2.45, 2.75) is 33.7 Å². The van der Waals surface area contributed by atoms with Crippen molar-refractivity contribution in [2.24, 2.45) is 0 Å². The third-order valence-electron chi connectivity index (χ3n) is 2.72. The van der Waals surface area contributed by atoms with Crippen LogP contribution >= 0.6 is 12.4 Å². The molecule has 2 aromatic rings. The SMILES string of the molecule is Cc1c(C(=O)O)oc2nn(C(C)C)c(C)c12.Cl. The van der Waals surface area contributed by atoms with E-state index in [0.717, 1.165) is 11.1 Å². The van der Waals surface area contributed by atoms with E-state index in [1.807, 2.05) is 25.5 Å². The lowest BCUT2D eigenvalue weighted by atomic mass is 10.2. The molecule has 0 aliphatic heterocycles. The maximum absolute atomic E-state index is 10.9. The lowest BCUT2D eigenvalue weighted by Crippen LogP contribution is -2.05. The Morgan fingerprint density at radius 2 is 2.00 bits per heavy atom. The number of carbonyl (C=O) groups is 1. The highest BCUT2D eigenvalue weighted by Gasteiger charge is 2.22. The molecule has 0 unspecified atom stereocenters. The van der Waals surface area contributed by atoms with Crippen LogP contribution in [0.2, 0.25) is 0 Å². The quantitative estimate of drug-likeness (QED) is 0.899. The molecular formula is C11H15ClN2O3. The first-order valence-electron chi connectivity index (χ1n) is 5.15. The summed E-state index contributed by atoms with van der Waals surface area (Å²) in [6.07, 6.45) is 0. The third-order valence-corrected chi connectivity index (χ3v) is 2.72. The minimum atomic E-state index is -1.05. The standard InChI is InChI=1S/C11H14N2O3.ClH/c1-5(2)13-7(4)8-6(3)9(11(14)15)16-10(8)12-13;/h5H,1-4H3,(H,14,15);1H. The molecule has 0 radical (unpaired) electrons. The maximum Gasteiger partial charge on any atom is 0.372 e. The minimum absolute atomic E-state index is 0. The number of carboxylic acids is 1. The second kappa shape index (κ2) is 4.41. The average Bonchev–Trinajstić information content (AvgIpc) is 2.66. The van der Waals surface area contributed by atoms with Gasteiger partial charge in [-0.2, -0.15) is 0 Å². The highest BCUT2D eigenvalue weighted by molar-refractivity contribution is 5.94. The van der Waals surface area contributed by atoms with Crippen molar-refractivity contribution < 1.29 is 14.3 Å². The van der Waals surface area contributed by atoms with Gasteiger partial charge in [0.15, 0.2) is 0 Å². The van der Waals surface area contributed by atoms with Crippen molar-refractivity contribution in [1.82, 2.24) is 9.78 Å². The Labute approximate surface area is 105 Å². The molecule has 0 atom stereocenters. The molecule has 0 spiro atoms. The van der Waals surface area contributed by atoms with E-state index in [1.165, 1.54) is 0 Å². The molecule has 2 rings (SSSR count). The first kappa shape index (κ1) is 13.6. The first-order valence-corrected chi connectivity index (χ1v) is 5.15. The summed E-state index contributed by atoms with van der Waals surface area (Å²) in [6, 6.07) is 0.232. The van der Waals surface area contributed by atoms with Crippen LogP contribution in [0.25, 0.3) is 11.1 Å². The molecule has 0 saturated heterocycles. The van der Waals surface area contributed by atoms with Gasteiger partial charge in [0.05, 0.1) is 5.39 Å². The van der Waals surface area contributed by atoms with Gasteiger partial charge in [-0.25, -0.2) is 4.79 Å². The van der Waals surface area contributed by atoms with Crippen LogP contribution in [-0.4, -0.2) is 20.9 Å². The Hall–Kier alpha value is -1.49. The first-order chi connectivity index (χ1) is 7.43. The average molecular weight is 259 g/mol. The van der Waals surface area contributed by atoms with E-state index in [1.54, 1.807) is 6.92 Å². The molecule has 0 bridgehead atoms. The van der Waals surface area contributed by atoms with Gasteiger partial charge in [0, 0.05) is 17.3 Å². The predicted molar refractivity (Wildman–Crippen MR) is 66.1 cm³/mol. The van der Waals surface area contributed by atoms with Crippen LogP contribution in [0.15, 0.2) is 4.42 Å². The summed E-state index contributed by atoms with van der Waals surface area (Å²) < 4.78 is 7.08. The number of hydrogen-bond acceptors (Lipinski definition) is 3. The minimum Gasteiger partial charge on any atom is -0.475 e. The van der Waals surface area contributed by atoms with Crippen LogP contribution < -0.4 is 0 Å². The predicted octanol–water partition coefficient (Wildman–Crippen LogP) is 2.95. The van der Waals surface area contributed by atoms with Crippen LogP contribution in [0.1, 0.15) is 41.7 Å². The highest BCUT2D eigenvalue weighted by Crippen LogP contribution is 2.28. The van der Waals surface area contributed by atoms with E-state index in [4.69, 9.17) is 9.52 Å². The van der Waals surface area contributed by atoms with Crippen LogP contribution in [-0.2, 0) is 0 Å². The van der Waals surface area contributed by atoms with E-state index < -0.39 is 5.97 Å². The van der Waals surface area contributed by atoms with Gasteiger partial charge in [0.2, 0.25) is 11.5 Å². The number of nitrogens with zero attached hydrogens (tertiary/aromatic N) is 2. The van der Waals surface area contributed by atoms with E-state index in [2.05, 4.69) is 5.10 Å². The molecule has 5 nitrogen and oxygen atoms in total. The summed E-state index contributed by atoms with van der Waals surface area (Å²) in [5, 5.41) is 14.0. The topological polar surface area (TPSA) is 68.3 Å². The number of aromatic carboxylic acids is 1. The van der Waals surface area contributed by atoms with Crippen LogP contribution in [0, 0.1) is 13.8 Å². The van der Waals surface area contributed by atoms with Crippen LogP contribution in [0.3, 0.4) is 0 Å². The summed E-state index contributed by atoms with van der Waals surface area (Å²) >= 11 is 0. The van der Waals surface area contributed by atoms with Crippen LogP contribution in [0.4, 0.5) is 0 Å². The summed E-state index contributed by atoms with van der Waals surface area (Å²) in [7, 11) is 0. The van der Waals surface area contributed by atoms with Gasteiger partial charge >= 0.3 is 5.97 Å². The van der Waals surface area contributed by atoms with E-state index >= 15 is 0 Å². The molecule has 1 N–H and O–H groups in total. The van der Waals surface area contributed by atoms with E-state index in [9.17, 15) is 4.79 Å². The van der Waals surface area contributed by atoms with Gasteiger partial charge in [-0.1, -0.05) is 0 Å². The Balaban J connectivity index is 0.00000144. The highest BCUT2D eigenvalue weighted by atomic mass is 35.5. The number of carboxylic acid groups (broad SMARTS) is 1. The zero-order chi connectivity index (χ0) is 12.0. The normalized spacial score (nSPS) is 10.9. The molecule has 0 aliphatic carbocycles. The number of aromatic nitrogens is 2. The summed E-state index contributed by atoms with van der Waals surface area (Å²) in [5.74, 6) is -1.07. The zero-order valence-electron chi connectivity index (χ0n) is 10.1. The smallest absolute Gasteiger partial charge is 0.372 e. The molecule has 0 amide bonds. The van der Waals surface area contributed by atoms with Crippen LogP contribution in [0.5, 0.6) is 0 Å². The molecule has 6 heteroatoms. The molecule has 17 heavy (non-hydrogen) atoms. The summed E-state index contributed by atoms with van der Waals surface area (Å²) in [5.41, 5.74) is 1.99. The number of aryl methyl sites for hydroxylation is 2. The van der Waals surface area contributed by atoms with Crippen molar-refractivity contribution in [2.75, 3.05) is 0 Å². The number of rotatable bonds is 2. The molecule has 0 saturated carbocycles. The number of hydrogen-bond donors (Lipinski definition) is 1. The fraction of sp³-hybridized carbons (Fsp3) is 0.455. The van der Waals surface area contributed by atoms with Gasteiger partial charge in [-0.05, 0) is 27.7 Å². The lowest BCUT2D eigenvalue weighted by molar-refractivity contribution is 0.0663. The molecule has 94 valence electrons. The summed E-state index contributed by atoms with van der Waals surface area (Å²) in [4.78, 5) is 10.9. The monoisotopic (exact) mass is 258 g/mol. The Bertz CT molecular complexity index is 569. The molecule has 2 heterocycles. The molecule has 2 aromatic heterocycles. The Morgan fingerprint density at radius 3 is 2.41 bits per heavy atom. The largest absolute Gasteiger partial charge is 0.475 e. The molecular weight excluding hydrogens is 244 g/mol. The second-order valence-electron chi connectivity index (χ2n) is 4.17. The second-order valence-corrected chi connectivity index (χ2v) is 4.17. The van der Waals surface area contributed by atoms with Gasteiger partial charge in [-0.3, -0.25) is 4.68 Å². The van der Waals surface area contributed by atoms with Gasteiger partial charge in [-0.15, -0.1) is 17.5 Å². The van der Waals surface area contributed by atoms with Gasteiger partial charge in [0.25, 0.3) is 0 Å². The lowest BCUT2D eigenvalue weighted by Gasteiger charge is -2.07. The van der Waals surface area contributed by atoms with Crippen molar-refractivity contribution in [3.8, 4) is 0 Å². The molecule has 0 fully saturated rings. The maximum atomic E-state index is 10.9. The Kier molecular flexibility index (Phi) is 3.52. The number of furan rings is 1. The summed E-state index contributed by atoms with van der Waals surface area (Å²) in [6.45, 7) is 7.71. The van der Waals surface area contributed by atoms with Gasteiger partial charge in [0.1, 0.15) is 0 Å². The molecule has 0 aromatic carbocycles. The van der Waals surface area contributed by atoms with E-state index in [0.29, 0.717) is 11.3 Å². The van der Waals surface area contributed by atoms with Crippen molar-refractivity contribution in [3.05, 3.63) is 17.0 Å². The zero-order valence-corrected chi connectivity index (χ0v) is 11.0. The van der Waals surface area contributed by atoms with Crippen molar-refractivity contribution in [1.29, 1.82) is 0 Å². The third kappa shape index (κ3) is 1.91. The van der Waals surface area contributed by atoms with Crippen molar-refractivity contribution in [3.63, 3.8) is 0 Å². The fourth-order valence-electron chi connectivity index (χ4n) is 1.99. The van der Waals surface area contributed by atoms with Gasteiger partial charge < -0.3 is 9.52 Å². The number of fused-ring (bicyclic) bond motifs is 1. The number of halogens is 1.